The van der Waals surface area contributed by atoms with Gasteiger partial charge < -0.3 is 5.21 Å². The minimum absolute atomic E-state index is 0.0345. The van der Waals surface area contributed by atoms with Crippen molar-refractivity contribution < 1.29 is 18.2 Å². The van der Waals surface area contributed by atoms with Crippen molar-refractivity contribution in [3.05, 3.63) is 45.2 Å². The van der Waals surface area contributed by atoms with Crippen LogP contribution < -0.4 is 4.72 Å². The van der Waals surface area contributed by atoms with Crippen molar-refractivity contribution in [1.29, 1.82) is 0 Å². The molecule has 0 heterocycles. The van der Waals surface area contributed by atoms with Crippen molar-refractivity contribution >= 4 is 10.0 Å². The number of rotatable bonds is 7. The molecule has 1 aromatic carbocycles. The number of nitrogens with zero attached hydrogens (tertiary/aromatic N) is 3. The average molecular weight is 330 g/mol. The molecule has 0 spiro atoms. The lowest BCUT2D eigenvalue weighted by Crippen LogP contribution is -2.40. The van der Waals surface area contributed by atoms with Gasteiger partial charge in [0.15, 0.2) is 0 Å². The van der Waals surface area contributed by atoms with E-state index in [1.54, 1.807) is 12.1 Å². The van der Waals surface area contributed by atoms with Crippen LogP contribution in [0.25, 0.3) is 0 Å². The Morgan fingerprint density at radius 2 is 1.77 bits per heavy atom. The minimum Gasteiger partial charge on any atom is -0.594 e. The summed E-state index contributed by atoms with van der Waals surface area (Å²) in [4.78, 5) is 9.96. The lowest BCUT2D eigenvalue weighted by molar-refractivity contribution is -0.806. The van der Waals surface area contributed by atoms with E-state index in [-0.39, 0.29) is 22.8 Å². The number of hydrogen-bond acceptors (Lipinski definition) is 6. The molecular formula is C12H18N4O5S. The molecule has 22 heavy (non-hydrogen) atoms. The lowest BCUT2D eigenvalue weighted by atomic mass is 10.2. The van der Waals surface area contributed by atoms with E-state index in [4.69, 9.17) is 0 Å². The molecule has 0 bridgehead atoms. The van der Waals surface area contributed by atoms with Gasteiger partial charge in [-0.1, -0.05) is 17.7 Å². The monoisotopic (exact) mass is 330 g/mol. The van der Waals surface area contributed by atoms with Crippen molar-refractivity contribution in [3.8, 4) is 0 Å². The molecular weight excluding hydrogens is 312 g/mol. The summed E-state index contributed by atoms with van der Waals surface area (Å²) < 4.78 is 26.2. The van der Waals surface area contributed by atoms with Crippen molar-refractivity contribution in [2.45, 2.75) is 31.3 Å². The standard InChI is InChI=1S/C12H18N4O5S/c1-10-4-6-11(7-5-10)22(20,21)14-9-8-13-15(17)12(2,3)16(18)19/h4-7,14H,8-9H2,1-3H3. The van der Waals surface area contributed by atoms with Crippen LogP contribution in [0.15, 0.2) is 34.3 Å². The fraction of sp³-hybridized carbons (Fsp3) is 0.500. The number of hydrogen-bond donors (Lipinski definition) is 1. The van der Waals surface area contributed by atoms with Gasteiger partial charge in [-0.15, -0.1) is 0 Å². The highest BCUT2D eigenvalue weighted by Gasteiger charge is 2.41. The molecule has 0 saturated heterocycles. The summed E-state index contributed by atoms with van der Waals surface area (Å²) in [6.45, 7) is 3.72. The Bertz CT molecular complexity index is 667. The molecule has 0 unspecified atom stereocenters. The summed E-state index contributed by atoms with van der Waals surface area (Å²) in [6.07, 6.45) is 0. The van der Waals surface area contributed by atoms with E-state index in [1.807, 2.05) is 6.92 Å². The topological polar surface area (TPSA) is 128 Å². The number of aryl methyl sites for hydroxylation is 1. The number of sulfonamides is 1. The molecule has 9 nitrogen and oxygen atoms in total. The Labute approximate surface area is 128 Å². The highest BCUT2D eigenvalue weighted by Crippen LogP contribution is 2.10. The van der Waals surface area contributed by atoms with Gasteiger partial charge in [-0.25, -0.2) is 13.1 Å². The molecule has 0 amide bonds. The molecule has 0 aliphatic rings. The fourth-order valence-electron chi connectivity index (χ4n) is 1.36. The highest BCUT2D eigenvalue weighted by molar-refractivity contribution is 7.89. The van der Waals surface area contributed by atoms with Crippen LogP contribution in [0.2, 0.25) is 0 Å². The van der Waals surface area contributed by atoms with Gasteiger partial charge in [-0.05, 0) is 29.0 Å². The number of azo groups is 1. The smallest absolute Gasteiger partial charge is 0.432 e. The Hall–Kier alpha value is -2.07. The zero-order chi connectivity index (χ0) is 17.0. The molecule has 0 saturated carbocycles. The molecule has 0 aliphatic heterocycles. The molecule has 1 rings (SSSR count). The van der Waals surface area contributed by atoms with Gasteiger partial charge >= 0.3 is 5.66 Å². The van der Waals surface area contributed by atoms with Crippen LogP contribution in [0.3, 0.4) is 0 Å². The van der Waals surface area contributed by atoms with Gasteiger partial charge in [0, 0.05) is 6.54 Å². The van der Waals surface area contributed by atoms with E-state index < -0.39 is 20.6 Å². The number of nitro groups is 1. The second kappa shape index (κ2) is 6.79. The first kappa shape index (κ1) is 18.0. The maximum atomic E-state index is 11.9. The van der Waals surface area contributed by atoms with Crippen LogP contribution in [0.4, 0.5) is 0 Å². The first-order chi connectivity index (χ1) is 10.1. The zero-order valence-corrected chi connectivity index (χ0v) is 13.3. The van der Waals surface area contributed by atoms with Gasteiger partial charge in [-0.2, -0.15) is 0 Å². The zero-order valence-electron chi connectivity index (χ0n) is 12.5. The Morgan fingerprint density at radius 3 is 2.27 bits per heavy atom. The predicted octanol–water partition coefficient (Wildman–Crippen LogP) is 1.25. The normalized spacial score (nSPS) is 13.1. The van der Waals surface area contributed by atoms with Crippen LogP contribution in [-0.2, 0) is 10.0 Å². The van der Waals surface area contributed by atoms with Crippen LogP contribution >= 0.6 is 0 Å². The average Bonchev–Trinajstić information content (AvgIpc) is 2.43. The van der Waals surface area contributed by atoms with E-state index in [9.17, 15) is 23.7 Å². The second-order valence-electron chi connectivity index (χ2n) is 5.10. The number of benzene rings is 1. The molecule has 0 radical (unpaired) electrons. The molecule has 1 aromatic rings. The number of hydroxylamine groups is 1. The van der Waals surface area contributed by atoms with E-state index in [1.165, 1.54) is 12.1 Å². The molecule has 0 fully saturated rings. The van der Waals surface area contributed by atoms with Crippen molar-refractivity contribution in [3.63, 3.8) is 0 Å². The van der Waals surface area contributed by atoms with Crippen molar-refractivity contribution in [2.75, 3.05) is 13.1 Å². The van der Waals surface area contributed by atoms with Crippen LogP contribution in [0.1, 0.15) is 19.4 Å². The SMILES string of the molecule is Cc1ccc(S(=O)(=O)NCCN=[N+]([O-])C(C)(C)[N+](=O)[O-])cc1. The van der Waals surface area contributed by atoms with Gasteiger partial charge in [0.25, 0.3) is 0 Å². The Kier molecular flexibility index (Phi) is 5.55. The quantitative estimate of drug-likeness (QED) is 0.201. The van der Waals surface area contributed by atoms with Crippen LogP contribution in [0.5, 0.6) is 0 Å². The predicted molar refractivity (Wildman–Crippen MR) is 78.4 cm³/mol. The van der Waals surface area contributed by atoms with Crippen molar-refractivity contribution in [1.82, 2.24) is 4.72 Å². The number of nitrogens with one attached hydrogen (secondary N) is 1. The maximum Gasteiger partial charge on any atom is 0.432 e. The summed E-state index contributed by atoms with van der Waals surface area (Å²) in [5.74, 6) is 0. The summed E-state index contributed by atoms with van der Waals surface area (Å²) in [6, 6.07) is 6.25. The minimum atomic E-state index is -3.69. The molecule has 1 N–H and O–H groups in total. The first-order valence-electron chi connectivity index (χ1n) is 6.43. The largest absolute Gasteiger partial charge is 0.594 e. The molecule has 0 aromatic heterocycles. The Balaban J connectivity index is 2.64. The summed E-state index contributed by atoms with van der Waals surface area (Å²) >= 11 is 0. The fourth-order valence-corrected chi connectivity index (χ4v) is 2.39. The third kappa shape index (κ3) is 4.46. The molecule has 10 heteroatoms. The third-order valence-corrected chi connectivity index (χ3v) is 4.36. The summed E-state index contributed by atoms with van der Waals surface area (Å²) in [5, 5.41) is 25.6. The first-order valence-corrected chi connectivity index (χ1v) is 7.91. The molecule has 0 atom stereocenters. The van der Waals surface area contributed by atoms with E-state index >= 15 is 0 Å². The second-order valence-corrected chi connectivity index (χ2v) is 6.87. The summed E-state index contributed by atoms with van der Waals surface area (Å²) in [7, 11) is -3.69. The summed E-state index contributed by atoms with van der Waals surface area (Å²) in [5.41, 5.74) is -0.964. The van der Waals surface area contributed by atoms with E-state index in [0.29, 0.717) is 0 Å². The maximum absolute atomic E-state index is 11.9. The molecule has 0 aliphatic carbocycles. The highest BCUT2D eigenvalue weighted by atomic mass is 32.2. The third-order valence-electron chi connectivity index (χ3n) is 2.88. The molecule has 122 valence electrons. The van der Waals surface area contributed by atoms with Crippen LogP contribution in [-0.4, -0.2) is 37.0 Å². The van der Waals surface area contributed by atoms with Crippen molar-refractivity contribution in [2.24, 2.45) is 5.11 Å². The van der Waals surface area contributed by atoms with E-state index in [0.717, 1.165) is 19.4 Å². The van der Waals surface area contributed by atoms with Gasteiger partial charge in [0.2, 0.25) is 10.0 Å². The van der Waals surface area contributed by atoms with Crippen LogP contribution in [0, 0.1) is 22.2 Å². The van der Waals surface area contributed by atoms with Gasteiger partial charge in [-0.3, -0.25) is 10.1 Å². The lowest BCUT2D eigenvalue weighted by Gasteiger charge is -2.12. The Morgan fingerprint density at radius 1 is 1.23 bits per heavy atom. The van der Waals surface area contributed by atoms with Gasteiger partial charge in [0.05, 0.1) is 23.7 Å². The van der Waals surface area contributed by atoms with Gasteiger partial charge in [0.1, 0.15) is 6.54 Å². The van der Waals surface area contributed by atoms with E-state index in [2.05, 4.69) is 9.84 Å².